The third kappa shape index (κ3) is 6.35. The number of nitrogens with one attached hydrogen (secondary N) is 3. The number of para-hydroxylation sites is 2. The van der Waals surface area contributed by atoms with E-state index in [2.05, 4.69) is 29.9 Å². The molecule has 22 heteroatoms. The summed E-state index contributed by atoms with van der Waals surface area (Å²) >= 11 is 6.00. The molecule has 0 bridgehead atoms. The number of hydrogen-bond acceptors (Lipinski definition) is 9. The number of aromatic nitrogens is 12. The molecular weight excluding hydrogens is 850 g/mol. The number of benzene rings is 3. The van der Waals surface area contributed by atoms with Crippen molar-refractivity contribution in [3.8, 4) is 0 Å². The van der Waals surface area contributed by atoms with Crippen LogP contribution in [-0.4, -0.2) is 43.6 Å². The van der Waals surface area contributed by atoms with Crippen molar-refractivity contribution in [1.29, 1.82) is 0 Å². The van der Waals surface area contributed by atoms with Crippen LogP contribution in [0.2, 0.25) is 5.02 Å². The third-order valence-corrected chi connectivity index (χ3v) is 10.6. The van der Waals surface area contributed by atoms with E-state index in [1.807, 2.05) is 63.1 Å². The smallest absolute Gasteiger partial charge is 0.416 e. The van der Waals surface area contributed by atoms with Crippen molar-refractivity contribution in [2.45, 2.75) is 46.2 Å². The third-order valence-electron chi connectivity index (χ3n) is 10.4. The fourth-order valence-corrected chi connectivity index (χ4v) is 8.09. The van der Waals surface area contributed by atoms with Crippen LogP contribution in [0.15, 0.2) is 89.4 Å². The van der Waals surface area contributed by atoms with Crippen LogP contribution in [0.3, 0.4) is 0 Å². The largest absolute Gasteiger partial charge is 1.00 e. The Morgan fingerprint density at radius 3 is 1.46 bits per heavy atom. The highest BCUT2D eigenvalue weighted by Crippen LogP contribution is 2.19. The second kappa shape index (κ2) is 15.1. The zero-order chi connectivity index (χ0) is 38.6. The minimum Gasteiger partial charge on any atom is -1.00 e. The fourth-order valence-electron chi connectivity index (χ4n) is 7.92. The number of fused-ring (bicyclic) bond motifs is 6. The molecule has 0 fully saturated rings. The Bertz CT molecular complexity index is 3640. The maximum Gasteiger partial charge on any atom is 0.416 e. The number of H-pyrrole nitrogens is 3. The molecule has 9 aromatic rings. The van der Waals surface area contributed by atoms with Gasteiger partial charge in [0.05, 0.1) is 0 Å². The summed E-state index contributed by atoms with van der Waals surface area (Å²) in [6.45, 7) is 5.65. The molecule has 0 unspecified atom stereocenters. The molecule has 18 nitrogen and oxygen atoms in total. The van der Waals surface area contributed by atoms with Gasteiger partial charge in [-0.2, -0.15) is 13.7 Å². The monoisotopic (exact) mass is 876 g/mol. The molecule has 300 valence electrons. The van der Waals surface area contributed by atoms with Crippen LogP contribution in [0.25, 0.3) is 66.6 Å². The quantitative estimate of drug-likeness (QED) is 0.0974. The molecule has 59 heavy (non-hydrogen) atoms. The topological polar surface area (TPSA) is 215 Å². The molecule has 0 saturated heterocycles. The summed E-state index contributed by atoms with van der Waals surface area (Å²) in [5.74, 6) is 0. The summed E-state index contributed by atoms with van der Waals surface area (Å²) in [5.41, 5.74) is 6.36. The van der Waals surface area contributed by atoms with Crippen molar-refractivity contribution in [3.05, 3.63) is 134 Å². The summed E-state index contributed by atoms with van der Waals surface area (Å²) in [6.07, 6.45) is 0. The minimum atomic E-state index is -0.455. The van der Waals surface area contributed by atoms with Crippen LogP contribution in [0.5, 0.6) is 0 Å². The fraction of sp³-hybridized carbons (Fsp3) is 0.189. The maximum absolute atomic E-state index is 11.9. The molecule has 3 aliphatic heterocycles. The van der Waals surface area contributed by atoms with E-state index < -0.39 is 22.4 Å². The van der Waals surface area contributed by atoms with E-state index in [-0.39, 0.29) is 54.1 Å². The lowest BCUT2D eigenvalue weighted by atomic mass is 10.2. The van der Waals surface area contributed by atoms with Crippen LogP contribution < -0.4 is 84.7 Å². The number of nitrogens with zero attached hydrogens (tertiary/aromatic N) is 9. The summed E-state index contributed by atoms with van der Waals surface area (Å²) < 4.78 is 10.6. The van der Waals surface area contributed by atoms with Gasteiger partial charge in [0, 0.05) is 11.1 Å². The molecule has 0 radical (unpaired) electrons. The average molecular weight is 879 g/mol. The van der Waals surface area contributed by atoms with Gasteiger partial charge in [-0.15, -0.1) is 0 Å². The van der Waals surface area contributed by atoms with Crippen molar-refractivity contribution >= 4 is 78.2 Å². The first kappa shape index (κ1) is 40.8. The summed E-state index contributed by atoms with van der Waals surface area (Å²) in [4.78, 5) is 90.9. The lowest BCUT2D eigenvalue weighted by molar-refractivity contribution is -0.638. The number of aromatic amines is 3. The van der Waals surface area contributed by atoms with E-state index in [4.69, 9.17) is 11.6 Å². The Morgan fingerprint density at radius 2 is 0.949 bits per heavy atom. The van der Waals surface area contributed by atoms with Gasteiger partial charge in [0.2, 0.25) is 16.6 Å². The van der Waals surface area contributed by atoms with Gasteiger partial charge in [0.15, 0.2) is 16.6 Å². The predicted octanol–water partition coefficient (Wildman–Crippen LogP) is -9.41. The number of rotatable bonds is 0. The van der Waals surface area contributed by atoms with Crippen LogP contribution in [0, 0.1) is 6.92 Å². The van der Waals surface area contributed by atoms with Gasteiger partial charge in [0.25, 0.3) is 16.7 Å². The first-order valence-corrected chi connectivity index (χ1v) is 18.0. The van der Waals surface area contributed by atoms with E-state index in [0.29, 0.717) is 77.8 Å². The van der Waals surface area contributed by atoms with Gasteiger partial charge in [-0.25, -0.2) is 43.0 Å². The summed E-state index contributed by atoms with van der Waals surface area (Å²) in [5, 5.41) is 0.600. The standard InChI is InChI=1S/C13H10N4O2.C12H7ClN4O2.C12H8N4O2.3ClH/c1-7-2-3-9-8(6-7)14-10-11(18)15-13(19)17-5-4-16(9)12(10)17;13-6-1-2-7-8(5-6)16-3-4-17-11(16)9(14-7)10(18)15-12(17)19;17-10-9-11-15(5-6-16(11)12(18)14-10)8-4-2-1-3-7(8)13-9;;;/h2-3,6H,4-5H2,1H3;1-2,5H,3-4H2;1-4H,5-6H2;3*1H. The highest BCUT2D eigenvalue weighted by atomic mass is 35.5. The van der Waals surface area contributed by atoms with Gasteiger partial charge < -0.3 is 37.2 Å². The number of hydrogen-bond donors (Lipinski definition) is 3. The molecule has 9 heterocycles. The molecule has 0 spiro atoms. The Kier molecular flexibility index (Phi) is 10.5. The van der Waals surface area contributed by atoms with Crippen molar-refractivity contribution in [2.24, 2.45) is 0 Å². The molecule has 0 amide bonds. The van der Waals surface area contributed by atoms with Gasteiger partial charge in [-0.05, 0) is 48.9 Å². The van der Waals surface area contributed by atoms with Crippen molar-refractivity contribution in [2.75, 3.05) is 0 Å². The Morgan fingerprint density at radius 1 is 0.525 bits per heavy atom. The van der Waals surface area contributed by atoms with Gasteiger partial charge in [-0.1, -0.05) is 29.8 Å². The van der Waals surface area contributed by atoms with E-state index >= 15 is 0 Å². The molecule has 6 aromatic heterocycles. The van der Waals surface area contributed by atoms with Crippen molar-refractivity contribution in [1.82, 2.24) is 43.6 Å². The molecule has 3 aromatic carbocycles. The first-order chi connectivity index (χ1) is 27.0. The summed E-state index contributed by atoms with van der Waals surface area (Å²) in [6, 6.07) is 18.9. The average Bonchev–Trinajstić information content (AvgIpc) is 3.95. The first-order valence-electron chi connectivity index (χ1n) is 17.6. The number of halogens is 4. The molecule has 12 rings (SSSR count). The van der Waals surface area contributed by atoms with Gasteiger partial charge in [-0.3, -0.25) is 29.3 Å². The highest BCUT2D eigenvalue weighted by molar-refractivity contribution is 6.31. The maximum atomic E-state index is 11.9. The molecule has 3 N–H and O–H groups in total. The Hall–Kier alpha value is -6.34. The zero-order valence-corrected chi connectivity index (χ0v) is 33.5. The minimum absolute atomic E-state index is 0. The van der Waals surface area contributed by atoms with Gasteiger partial charge >= 0.3 is 34.0 Å². The van der Waals surface area contributed by atoms with E-state index in [1.165, 1.54) is 4.57 Å². The molecule has 0 saturated carbocycles. The summed E-state index contributed by atoms with van der Waals surface area (Å²) in [7, 11) is 0. The van der Waals surface area contributed by atoms with Crippen LogP contribution in [-0.2, 0) is 39.3 Å². The van der Waals surface area contributed by atoms with E-state index in [1.54, 1.807) is 27.3 Å². The molecule has 0 aliphatic carbocycles. The van der Waals surface area contributed by atoms with Crippen LogP contribution >= 0.6 is 11.6 Å². The lowest BCUT2D eigenvalue weighted by Gasteiger charge is -2.02. The predicted molar refractivity (Wildman–Crippen MR) is 203 cm³/mol. The van der Waals surface area contributed by atoms with Crippen LogP contribution in [0.1, 0.15) is 5.56 Å². The molecule has 3 aliphatic rings. The van der Waals surface area contributed by atoms with Crippen LogP contribution in [0.4, 0.5) is 0 Å². The van der Waals surface area contributed by atoms with Crippen molar-refractivity contribution in [3.63, 3.8) is 0 Å². The zero-order valence-electron chi connectivity index (χ0n) is 30.5. The molecule has 0 atom stereocenters. The second-order valence-corrected chi connectivity index (χ2v) is 14.1. The van der Waals surface area contributed by atoms with Crippen molar-refractivity contribution < 1.29 is 50.9 Å². The van der Waals surface area contributed by atoms with Gasteiger partial charge in [0.1, 0.15) is 55.8 Å². The highest BCUT2D eigenvalue weighted by Gasteiger charge is 2.31. The SMILES string of the molecule is Cc1ccc2c(c1)nc1c(=O)[nH]c(=O)n3c1[n+]2CC3.O=c1[nH]c(=O)n2c3c1nc1ccc(Cl)cc1[n+]3CC2.O=c1[nH]c(=O)n2c3c1nc1ccccc1[n+]3CC2.[Cl-].[Cl-].[Cl-]. The Labute approximate surface area is 351 Å². The number of aryl methyl sites for hydroxylation is 7. The molecular formula is C37H28Cl4N12O6. The van der Waals surface area contributed by atoms with E-state index in [0.717, 1.165) is 33.1 Å². The van der Waals surface area contributed by atoms with E-state index in [9.17, 15) is 28.8 Å². The Balaban J connectivity index is 0.000000131. The lowest BCUT2D eigenvalue weighted by Crippen LogP contribution is -3.00. The second-order valence-electron chi connectivity index (χ2n) is 13.7. The normalized spacial score (nSPS) is 12.8.